The van der Waals surface area contributed by atoms with Crippen molar-refractivity contribution < 1.29 is 22.7 Å². The third kappa shape index (κ3) is 6.10. The average molecular weight is 506 g/mol. The topological polar surface area (TPSA) is 66.0 Å². The number of hydrogen-bond donors (Lipinski definition) is 2. The van der Waals surface area contributed by atoms with Crippen LogP contribution >= 0.6 is 24.0 Å². The maximum atomic E-state index is 12.4. The van der Waals surface area contributed by atoms with Gasteiger partial charge in [-0.05, 0) is 33.1 Å². The summed E-state index contributed by atoms with van der Waals surface area (Å²) < 4.78 is 42.9. The summed E-state index contributed by atoms with van der Waals surface area (Å²) in [4.78, 5) is 16.7. The predicted octanol–water partition coefficient (Wildman–Crippen LogP) is 2.53. The number of hydrogen-bond acceptors (Lipinski definition) is 3. The van der Waals surface area contributed by atoms with E-state index in [1.165, 1.54) is 6.42 Å². The SMILES string of the molecule is CCNC(=NCC(=O)N(C)CC(F)(F)F)NC1CC(OCC)C12CCC2.I. The molecule has 2 aliphatic rings. The van der Waals surface area contributed by atoms with Crippen LogP contribution in [0.2, 0.25) is 0 Å². The highest BCUT2D eigenvalue weighted by Crippen LogP contribution is 2.57. The number of alkyl halides is 3. The summed E-state index contributed by atoms with van der Waals surface area (Å²) in [6.07, 6.45) is 0.0924. The zero-order valence-corrected chi connectivity index (χ0v) is 18.4. The molecule has 1 spiro atoms. The summed E-state index contributed by atoms with van der Waals surface area (Å²) in [7, 11) is 1.13. The van der Waals surface area contributed by atoms with Gasteiger partial charge in [0.15, 0.2) is 5.96 Å². The molecule has 2 fully saturated rings. The molecule has 0 heterocycles. The Morgan fingerprint density at radius 3 is 2.48 bits per heavy atom. The lowest BCUT2D eigenvalue weighted by Gasteiger charge is -2.61. The first kappa shape index (κ1) is 24.3. The highest BCUT2D eigenvalue weighted by molar-refractivity contribution is 14.0. The Morgan fingerprint density at radius 2 is 2.00 bits per heavy atom. The van der Waals surface area contributed by atoms with Crippen LogP contribution in [0.4, 0.5) is 13.2 Å². The molecule has 0 radical (unpaired) electrons. The molecule has 2 rings (SSSR count). The Hall–Kier alpha value is -0.780. The van der Waals surface area contributed by atoms with Crippen molar-refractivity contribution in [2.24, 2.45) is 10.4 Å². The van der Waals surface area contributed by atoms with Crippen molar-refractivity contribution in [2.75, 3.05) is 33.3 Å². The molecule has 1 amide bonds. The number of likely N-dealkylation sites (N-methyl/N-ethyl adjacent to an activating group) is 1. The van der Waals surface area contributed by atoms with E-state index < -0.39 is 18.6 Å². The summed E-state index contributed by atoms with van der Waals surface area (Å²) in [6, 6.07) is 0.216. The van der Waals surface area contributed by atoms with Gasteiger partial charge in [0.1, 0.15) is 13.1 Å². The van der Waals surface area contributed by atoms with Gasteiger partial charge in [-0.3, -0.25) is 4.79 Å². The molecule has 27 heavy (non-hydrogen) atoms. The van der Waals surface area contributed by atoms with Crippen LogP contribution in [0.5, 0.6) is 0 Å². The number of guanidine groups is 1. The summed E-state index contributed by atoms with van der Waals surface area (Å²) >= 11 is 0. The molecule has 2 atom stereocenters. The normalized spacial score (nSPS) is 23.7. The van der Waals surface area contributed by atoms with Gasteiger partial charge in [-0.2, -0.15) is 13.2 Å². The zero-order valence-electron chi connectivity index (χ0n) is 16.1. The van der Waals surface area contributed by atoms with Crippen molar-refractivity contribution >= 4 is 35.8 Å². The fourth-order valence-corrected chi connectivity index (χ4v) is 3.75. The number of carbonyl (C=O) groups excluding carboxylic acids is 1. The molecule has 0 saturated heterocycles. The van der Waals surface area contributed by atoms with Crippen LogP contribution in [-0.4, -0.2) is 68.4 Å². The van der Waals surface area contributed by atoms with Crippen LogP contribution in [0.25, 0.3) is 0 Å². The molecule has 10 heteroatoms. The number of amides is 1. The maximum Gasteiger partial charge on any atom is 0.406 e. The van der Waals surface area contributed by atoms with E-state index >= 15 is 0 Å². The molecule has 0 aromatic heterocycles. The van der Waals surface area contributed by atoms with Crippen molar-refractivity contribution in [3.8, 4) is 0 Å². The van der Waals surface area contributed by atoms with Gasteiger partial charge in [-0.25, -0.2) is 4.99 Å². The number of ether oxygens (including phenoxy) is 1. The molecular formula is C17H30F3IN4O2. The second-order valence-electron chi connectivity index (χ2n) is 7.02. The van der Waals surface area contributed by atoms with Gasteiger partial charge in [0.25, 0.3) is 0 Å². The number of aliphatic imine (C=N–C) groups is 1. The monoisotopic (exact) mass is 506 g/mol. The van der Waals surface area contributed by atoms with Gasteiger partial charge in [-0.1, -0.05) is 6.42 Å². The molecule has 2 N–H and O–H groups in total. The van der Waals surface area contributed by atoms with Crippen molar-refractivity contribution in [3.63, 3.8) is 0 Å². The average Bonchev–Trinajstić information content (AvgIpc) is 2.47. The van der Waals surface area contributed by atoms with Crippen molar-refractivity contribution in [3.05, 3.63) is 0 Å². The van der Waals surface area contributed by atoms with E-state index in [1.54, 1.807) is 0 Å². The lowest BCUT2D eigenvalue weighted by Crippen LogP contribution is -2.68. The zero-order chi connectivity index (χ0) is 19.4. The quantitative estimate of drug-likeness (QED) is 0.317. The van der Waals surface area contributed by atoms with Crippen LogP contribution in [0.3, 0.4) is 0 Å². The van der Waals surface area contributed by atoms with Crippen molar-refractivity contribution in [2.45, 2.75) is 57.9 Å². The lowest BCUT2D eigenvalue weighted by molar-refractivity contribution is -0.168. The third-order valence-corrected chi connectivity index (χ3v) is 5.31. The van der Waals surface area contributed by atoms with Crippen LogP contribution in [0, 0.1) is 5.41 Å². The number of nitrogens with one attached hydrogen (secondary N) is 2. The number of carbonyl (C=O) groups is 1. The maximum absolute atomic E-state index is 12.4. The van der Waals surface area contributed by atoms with Crippen LogP contribution < -0.4 is 10.6 Å². The summed E-state index contributed by atoms with van der Waals surface area (Å²) in [5.74, 6) is -0.203. The second-order valence-corrected chi connectivity index (χ2v) is 7.02. The Morgan fingerprint density at radius 1 is 1.33 bits per heavy atom. The van der Waals surface area contributed by atoms with Gasteiger partial charge in [-0.15, -0.1) is 24.0 Å². The molecular weight excluding hydrogens is 476 g/mol. The minimum absolute atomic E-state index is 0. The first-order valence-electron chi connectivity index (χ1n) is 9.19. The van der Waals surface area contributed by atoms with Crippen LogP contribution in [0.1, 0.15) is 39.5 Å². The van der Waals surface area contributed by atoms with Crippen LogP contribution in [0.15, 0.2) is 4.99 Å². The molecule has 0 aliphatic heterocycles. The summed E-state index contributed by atoms with van der Waals surface area (Å²) in [6.45, 7) is 3.59. The van der Waals surface area contributed by atoms with E-state index in [1.807, 2.05) is 13.8 Å². The number of halogens is 4. The standard InChI is InChI=1S/C17H29F3N4O2.HI/c1-4-21-15(22-10-14(25)24(3)11-17(18,19)20)23-12-9-13(26-5-2)16(12)7-6-8-16;/h12-13H,4-11H2,1-3H3,(H2,21,22,23);1H. The second kappa shape index (κ2) is 10.1. The Bertz CT molecular complexity index is 527. The van der Waals surface area contributed by atoms with Crippen molar-refractivity contribution in [1.29, 1.82) is 0 Å². The van der Waals surface area contributed by atoms with Gasteiger partial charge in [0.05, 0.1) is 6.10 Å². The first-order chi connectivity index (χ1) is 12.2. The van der Waals surface area contributed by atoms with Gasteiger partial charge in [0, 0.05) is 31.7 Å². The fourth-order valence-electron chi connectivity index (χ4n) is 3.75. The predicted molar refractivity (Wildman–Crippen MR) is 108 cm³/mol. The Kier molecular flexibility index (Phi) is 9.10. The van der Waals surface area contributed by atoms with E-state index in [9.17, 15) is 18.0 Å². The van der Waals surface area contributed by atoms with Gasteiger partial charge in [0.2, 0.25) is 5.91 Å². The molecule has 0 aromatic carbocycles. The molecule has 2 saturated carbocycles. The summed E-state index contributed by atoms with van der Waals surface area (Å²) in [5.41, 5.74) is 0.128. The minimum atomic E-state index is -4.41. The molecule has 0 bridgehead atoms. The van der Waals surface area contributed by atoms with Crippen molar-refractivity contribution in [1.82, 2.24) is 15.5 Å². The minimum Gasteiger partial charge on any atom is -0.378 e. The molecule has 0 aromatic rings. The highest BCUT2D eigenvalue weighted by atomic mass is 127. The smallest absolute Gasteiger partial charge is 0.378 e. The van der Waals surface area contributed by atoms with Gasteiger partial charge < -0.3 is 20.3 Å². The van der Waals surface area contributed by atoms with E-state index in [-0.39, 0.29) is 48.1 Å². The third-order valence-electron chi connectivity index (χ3n) is 5.31. The van der Waals surface area contributed by atoms with E-state index in [0.29, 0.717) is 24.0 Å². The molecule has 158 valence electrons. The van der Waals surface area contributed by atoms with E-state index in [0.717, 1.165) is 26.3 Å². The van der Waals surface area contributed by atoms with E-state index in [2.05, 4.69) is 15.6 Å². The first-order valence-corrected chi connectivity index (χ1v) is 9.19. The highest BCUT2D eigenvalue weighted by Gasteiger charge is 2.59. The lowest BCUT2D eigenvalue weighted by atomic mass is 9.51. The fraction of sp³-hybridized carbons (Fsp3) is 0.882. The van der Waals surface area contributed by atoms with Crippen LogP contribution in [-0.2, 0) is 9.53 Å². The molecule has 6 nitrogen and oxygen atoms in total. The molecule has 2 unspecified atom stereocenters. The Balaban J connectivity index is 0.00000364. The molecule has 2 aliphatic carbocycles. The van der Waals surface area contributed by atoms with Gasteiger partial charge >= 0.3 is 6.18 Å². The Labute approximate surface area is 175 Å². The number of nitrogens with zero attached hydrogens (tertiary/aromatic N) is 2. The van der Waals surface area contributed by atoms with E-state index in [4.69, 9.17) is 4.74 Å². The summed E-state index contributed by atoms with van der Waals surface area (Å²) in [5, 5.41) is 6.41. The number of rotatable bonds is 7. The largest absolute Gasteiger partial charge is 0.406 e.